The van der Waals surface area contributed by atoms with Gasteiger partial charge in [-0.1, -0.05) is 32.6 Å². The molecule has 0 spiro atoms. The molecule has 1 aliphatic heterocycles. The highest BCUT2D eigenvalue weighted by molar-refractivity contribution is 9.10. The van der Waals surface area contributed by atoms with Crippen LogP contribution in [-0.4, -0.2) is 12.8 Å². The molecule has 2 aromatic rings. The first-order chi connectivity index (χ1) is 11.6. The fraction of sp³-hybridized carbons (Fsp3) is 0.167. The molecule has 1 heterocycles. The van der Waals surface area contributed by atoms with Crippen LogP contribution in [0, 0.1) is 18.6 Å². The molecule has 0 bridgehead atoms. The van der Waals surface area contributed by atoms with E-state index in [2.05, 4.69) is 21.0 Å². The molecule has 0 aliphatic carbocycles. The zero-order valence-electron chi connectivity index (χ0n) is 13.9. The SMILES string of the molecule is CC1=N[N+](C)(c2c(F)cc(C)cc2Cl)C(N)=C1c1ccc(F)cc1Br. The molecule has 1 unspecified atom stereocenters. The highest BCUT2D eigenvalue weighted by Crippen LogP contribution is 2.43. The van der Waals surface area contributed by atoms with Crippen LogP contribution in [0.4, 0.5) is 14.5 Å². The van der Waals surface area contributed by atoms with Crippen LogP contribution in [-0.2, 0) is 0 Å². The highest BCUT2D eigenvalue weighted by Gasteiger charge is 2.43. The van der Waals surface area contributed by atoms with Gasteiger partial charge < -0.3 is 5.73 Å². The van der Waals surface area contributed by atoms with Gasteiger partial charge in [0.05, 0.1) is 5.57 Å². The zero-order chi connectivity index (χ0) is 18.5. The van der Waals surface area contributed by atoms with Crippen LogP contribution >= 0.6 is 27.5 Å². The summed E-state index contributed by atoms with van der Waals surface area (Å²) in [5.41, 5.74) is 9.21. The van der Waals surface area contributed by atoms with Gasteiger partial charge in [0.25, 0.3) is 0 Å². The predicted molar refractivity (Wildman–Crippen MR) is 102 cm³/mol. The molecular formula is C18H16BrClF2N3+. The van der Waals surface area contributed by atoms with E-state index in [1.165, 1.54) is 18.2 Å². The molecule has 0 amide bonds. The summed E-state index contributed by atoms with van der Waals surface area (Å²) in [5, 5.41) is 4.81. The van der Waals surface area contributed by atoms with E-state index in [1.807, 2.05) is 0 Å². The summed E-state index contributed by atoms with van der Waals surface area (Å²) in [7, 11) is 1.67. The van der Waals surface area contributed by atoms with Crippen LogP contribution in [0.25, 0.3) is 5.57 Å². The minimum Gasteiger partial charge on any atom is -0.352 e. The van der Waals surface area contributed by atoms with Gasteiger partial charge in [-0.2, -0.15) is 0 Å². The maximum atomic E-state index is 14.7. The van der Waals surface area contributed by atoms with E-state index in [0.717, 1.165) is 0 Å². The summed E-state index contributed by atoms with van der Waals surface area (Å²) >= 11 is 9.65. The average molecular weight is 428 g/mol. The molecule has 2 aromatic carbocycles. The standard InChI is InChI=1S/C18H16BrClF2N3/c1-9-6-14(20)17(15(22)7-9)25(3)18(23)16(10(2)24-25)12-5-4-11(21)8-13(12)19/h4-8H,23H2,1-3H3/q+1. The number of allylic oxidation sites excluding steroid dienone is 1. The van der Waals surface area contributed by atoms with Gasteiger partial charge in [-0.05, 0) is 49.7 Å². The van der Waals surface area contributed by atoms with E-state index in [4.69, 9.17) is 17.3 Å². The number of nitrogens with zero attached hydrogens (tertiary/aromatic N) is 2. The van der Waals surface area contributed by atoms with E-state index in [9.17, 15) is 8.78 Å². The van der Waals surface area contributed by atoms with E-state index in [0.29, 0.717) is 32.7 Å². The molecule has 2 N–H and O–H groups in total. The van der Waals surface area contributed by atoms with Gasteiger partial charge in [0.2, 0.25) is 11.5 Å². The van der Waals surface area contributed by atoms with Crippen LogP contribution in [0.1, 0.15) is 18.1 Å². The zero-order valence-corrected chi connectivity index (χ0v) is 16.2. The van der Waals surface area contributed by atoms with Crippen LogP contribution < -0.4 is 10.3 Å². The largest absolute Gasteiger partial charge is 0.352 e. The van der Waals surface area contributed by atoms with Crippen molar-refractivity contribution in [1.82, 2.24) is 4.59 Å². The number of quaternary nitrogens is 1. The molecule has 7 heteroatoms. The summed E-state index contributed by atoms with van der Waals surface area (Å²) < 4.78 is 28.3. The quantitative estimate of drug-likeness (QED) is 0.645. The second-order valence-electron chi connectivity index (χ2n) is 6.11. The summed E-state index contributed by atoms with van der Waals surface area (Å²) in [6.07, 6.45) is 0. The first kappa shape index (κ1) is 18.0. The van der Waals surface area contributed by atoms with Gasteiger partial charge in [-0.25, -0.2) is 8.78 Å². The Balaban J connectivity index is 2.25. The topological polar surface area (TPSA) is 38.4 Å². The van der Waals surface area contributed by atoms with Crippen molar-refractivity contribution < 1.29 is 8.78 Å². The number of aryl methyl sites for hydroxylation is 1. The number of hydrogen-bond donors (Lipinski definition) is 1. The predicted octanol–water partition coefficient (Wildman–Crippen LogP) is 5.34. The van der Waals surface area contributed by atoms with Crippen molar-refractivity contribution in [2.75, 3.05) is 7.05 Å². The van der Waals surface area contributed by atoms with Gasteiger partial charge in [0.1, 0.15) is 23.6 Å². The fourth-order valence-electron chi connectivity index (χ4n) is 3.11. The van der Waals surface area contributed by atoms with Crippen LogP contribution in [0.15, 0.2) is 45.7 Å². The van der Waals surface area contributed by atoms with Crippen molar-refractivity contribution in [3.8, 4) is 0 Å². The lowest BCUT2D eigenvalue weighted by atomic mass is 10.0. The molecule has 0 aromatic heterocycles. The molecule has 25 heavy (non-hydrogen) atoms. The van der Waals surface area contributed by atoms with Crippen molar-refractivity contribution in [3.63, 3.8) is 0 Å². The van der Waals surface area contributed by atoms with Gasteiger partial charge >= 0.3 is 0 Å². The van der Waals surface area contributed by atoms with Gasteiger partial charge in [-0.3, -0.25) is 0 Å². The van der Waals surface area contributed by atoms with Crippen molar-refractivity contribution in [2.24, 2.45) is 10.8 Å². The third-order valence-electron chi connectivity index (χ3n) is 4.23. The molecule has 130 valence electrons. The maximum absolute atomic E-state index is 14.7. The Labute approximate surface area is 158 Å². The minimum absolute atomic E-state index is 0.178. The third-order valence-corrected chi connectivity index (χ3v) is 5.18. The average Bonchev–Trinajstić information content (AvgIpc) is 2.69. The Kier molecular flexibility index (Phi) is 4.47. The second-order valence-corrected chi connectivity index (χ2v) is 7.37. The van der Waals surface area contributed by atoms with Crippen LogP contribution in [0.3, 0.4) is 0 Å². The first-order valence-corrected chi connectivity index (χ1v) is 8.68. The summed E-state index contributed by atoms with van der Waals surface area (Å²) in [5.74, 6) is -0.534. The summed E-state index contributed by atoms with van der Waals surface area (Å²) in [6.45, 7) is 3.54. The minimum atomic E-state index is -0.480. The maximum Gasteiger partial charge on any atom is 0.240 e. The Morgan fingerprint density at radius 2 is 1.84 bits per heavy atom. The fourth-order valence-corrected chi connectivity index (χ4v) is 4.09. The molecule has 1 atom stereocenters. The first-order valence-electron chi connectivity index (χ1n) is 7.51. The molecular weight excluding hydrogens is 412 g/mol. The van der Waals surface area contributed by atoms with Crippen molar-refractivity contribution in [3.05, 3.63) is 68.4 Å². The van der Waals surface area contributed by atoms with Crippen molar-refractivity contribution in [2.45, 2.75) is 13.8 Å². The summed E-state index contributed by atoms with van der Waals surface area (Å²) in [4.78, 5) is 0. The highest BCUT2D eigenvalue weighted by atomic mass is 79.9. The molecule has 3 rings (SSSR count). The van der Waals surface area contributed by atoms with E-state index >= 15 is 0 Å². The smallest absolute Gasteiger partial charge is 0.240 e. The van der Waals surface area contributed by atoms with E-state index in [1.54, 1.807) is 33.0 Å². The van der Waals surface area contributed by atoms with Crippen molar-refractivity contribution in [1.29, 1.82) is 0 Å². The molecule has 1 aliphatic rings. The number of rotatable bonds is 2. The third kappa shape index (κ3) is 2.88. The van der Waals surface area contributed by atoms with Crippen LogP contribution in [0.2, 0.25) is 5.02 Å². The lowest BCUT2D eigenvalue weighted by Crippen LogP contribution is -2.41. The molecule has 0 fully saturated rings. The van der Waals surface area contributed by atoms with Gasteiger partial charge in [-0.15, -0.1) is 4.59 Å². The number of hydrogen-bond acceptors (Lipinski definition) is 2. The van der Waals surface area contributed by atoms with Crippen molar-refractivity contribution >= 4 is 44.5 Å². The molecule has 3 nitrogen and oxygen atoms in total. The summed E-state index contributed by atoms with van der Waals surface area (Å²) in [6, 6.07) is 7.38. The molecule has 0 saturated carbocycles. The second kappa shape index (κ2) is 6.20. The Hall–Kier alpha value is -1.76. The molecule has 0 saturated heterocycles. The van der Waals surface area contributed by atoms with E-state index < -0.39 is 5.82 Å². The normalized spacial score (nSPS) is 20.2. The lowest BCUT2D eigenvalue weighted by molar-refractivity contribution is 0.419. The Morgan fingerprint density at radius 3 is 2.44 bits per heavy atom. The number of halogens is 4. The number of benzene rings is 2. The van der Waals surface area contributed by atoms with Gasteiger partial charge in [0, 0.05) is 10.0 Å². The monoisotopic (exact) mass is 426 g/mol. The Morgan fingerprint density at radius 1 is 1.16 bits per heavy atom. The van der Waals surface area contributed by atoms with E-state index in [-0.39, 0.29) is 21.1 Å². The number of nitrogens with two attached hydrogens (primary N) is 1. The van der Waals surface area contributed by atoms with Gasteiger partial charge in [0.15, 0.2) is 5.82 Å². The van der Waals surface area contributed by atoms with Crippen LogP contribution in [0.5, 0.6) is 0 Å². The molecule has 0 radical (unpaired) electrons. The Bertz CT molecular complexity index is 932. The lowest BCUT2D eigenvalue weighted by Gasteiger charge is -2.25.